The number of para-hydroxylation sites is 1. The molecular weight excluding hydrogens is 212 g/mol. The molecule has 3 heteroatoms. The Morgan fingerprint density at radius 2 is 2.12 bits per heavy atom. The van der Waals surface area contributed by atoms with Crippen molar-refractivity contribution in [2.45, 2.75) is 39.7 Å². The van der Waals surface area contributed by atoms with Gasteiger partial charge in [-0.15, -0.1) is 0 Å². The third-order valence-electron chi connectivity index (χ3n) is 3.24. The molecule has 0 unspecified atom stereocenters. The summed E-state index contributed by atoms with van der Waals surface area (Å²) in [6.07, 6.45) is 2.76. The van der Waals surface area contributed by atoms with E-state index in [4.69, 9.17) is 10.5 Å². The van der Waals surface area contributed by atoms with Crippen molar-refractivity contribution in [2.75, 3.05) is 17.6 Å². The van der Waals surface area contributed by atoms with Crippen molar-refractivity contribution >= 4 is 11.4 Å². The maximum absolute atomic E-state index is 6.09. The van der Waals surface area contributed by atoms with Crippen molar-refractivity contribution in [1.82, 2.24) is 0 Å². The van der Waals surface area contributed by atoms with Gasteiger partial charge in [-0.05, 0) is 44.2 Å². The van der Waals surface area contributed by atoms with Crippen LogP contribution in [0.2, 0.25) is 0 Å². The molecule has 0 saturated heterocycles. The van der Waals surface area contributed by atoms with Gasteiger partial charge in [0.1, 0.15) is 5.75 Å². The van der Waals surface area contributed by atoms with Crippen molar-refractivity contribution in [2.24, 2.45) is 5.41 Å². The first kappa shape index (κ1) is 12.1. The van der Waals surface area contributed by atoms with Crippen molar-refractivity contribution < 1.29 is 4.74 Å². The zero-order valence-corrected chi connectivity index (χ0v) is 10.9. The van der Waals surface area contributed by atoms with E-state index < -0.39 is 0 Å². The monoisotopic (exact) mass is 234 g/mol. The van der Waals surface area contributed by atoms with E-state index in [1.807, 2.05) is 32.0 Å². The summed E-state index contributed by atoms with van der Waals surface area (Å²) in [5, 5.41) is 3.42. The molecule has 0 spiro atoms. The van der Waals surface area contributed by atoms with Crippen LogP contribution in [-0.4, -0.2) is 12.6 Å². The zero-order chi connectivity index (χ0) is 12.5. The molecule has 3 N–H and O–H groups in total. The first-order valence-electron chi connectivity index (χ1n) is 6.29. The molecule has 0 heterocycles. The van der Waals surface area contributed by atoms with Gasteiger partial charge >= 0.3 is 0 Å². The molecule has 0 radical (unpaired) electrons. The number of hydrogen-bond donors (Lipinski definition) is 2. The quantitative estimate of drug-likeness (QED) is 0.769. The van der Waals surface area contributed by atoms with Crippen LogP contribution in [0.15, 0.2) is 18.2 Å². The largest absolute Gasteiger partial charge is 0.489 e. The SMILES string of the molecule is CC(C)Oc1cccc(NCC2(C)CC2)c1N. The Bertz CT molecular complexity index is 397. The van der Waals surface area contributed by atoms with E-state index in [1.54, 1.807) is 0 Å². The van der Waals surface area contributed by atoms with Crippen LogP contribution in [0.4, 0.5) is 11.4 Å². The highest BCUT2D eigenvalue weighted by Crippen LogP contribution is 2.45. The van der Waals surface area contributed by atoms with Crippen LogP contribution in [0.1, 0.15) is 33.6 Å². The van der Waals surface area contributed by atoms with Gasteiger partial charge in [-0.25, -0.2) is 0 Å². The van der Waals surface area contributed by atoms with Gasteiger partial charge in [0.25, 0.3) is 0 Å². The zero-order valence-electron chi connectivity index (χ0n) is 10.9. The van der Waals surface area contributed by atoms with E-state index in [1.165, 1.54) is 12.8 Å². The highest BCUT2D eigenvalue weighted by molar-refractivity contribution is 5.73. The second kappa shape index (κ2) is 4.47. The molecule has 0 aliphatic heterocycles. The first-order chi connectivity index (χ1) is 8.00. The highest BCUT2D eigenvalue weighted by Gasteiger charge is 2.36. The van der Waals surface area contributed by atoms with Crippen molar-refractivity contribution in [3.63, 3.8) is 0 Å². The second-order valence-corrected chi connectivity index (χ2v) is 5.55. The second-order valence-electron chi connectivity index (χ2n) is 5.55. The number of ether oxygens (including phenoxy) is 1. The van der Waals surface area contributed by atoms with Crippen LogP contribution in [0, 0.1) is 5.41 Å². The lowest BCUT2D eigenvalue weighted by Crippen LogP contribution is -2.14. The summed E-state index contributed by atoms with van der Waals surface area (Å²) in [4.78, 5) is 0. The summed E-state index contributed by atoms with van der Waals surface area (Å²) in [7, 11) is 0. The van der Waals surface area contributed by atoms with E-state index >= 15 is 0 Å². The van der Waals surface area contributed by atoms with Crippen LogP contribution in [0.3, 0.4) is 0 Å². The van der Waals surface area contributed by atoms with Gasteiger partial charge in [-0.3, -0.25) is 0 Å². The lowest BCUT2D eigenvalue weighted by atomic mass is 10.1. The van der Waals surface area contributed by atoms with Gasteiger partial charge in [0.05, 0.1) is 17.5 Å². The molecule has 1 aliphatic carbocycles. The molecule has 3 nitrogen and oxygen atoms in total. The normalized spacial score (nSPS) is 16.9. The van der Waals surface area contributed by atoms with Crippen molar-refractivity contribution in [3.05, 3.63) is 18.2 Å². The molecule has 0 amide bonds. The van der Waals surface area contributed by atoms with Crippen LogP contribution < -0.4 is 15.8 Å². The van der Waals surface area contributed by atoms with Gasteiger partial charge in [-0.2, -0.15) is 0 Å². The Hall–Kier alpha value is -1.38. The molecule has 1 aromatic rings. The van der Waals surface area contributed by atoms with Crippen LogP contribution >= 0.6 is 0 Å². The third kappa shape index (κ3) is 3.05. The first-order valence-corrected chi connectivity index (χ1v) is 6.29. The fourth-order valence-electron chi connectivity index (χ4n) is 1.75. The number of benzene rings is 1. The minimum absolute atomic E-state index is 0.147. The minimum Gasteiger partial charge on any atom is -0.489 e. The molecule has 2 rings (SSSR count). The number of rotatable bonds is 5. The van der Waals surface area contributed by atoms with Crippen LogP contribution in [0.5, 0.6) is 5.75 Å². The fourth-order valence-corrected chi connectivity index (χ4v) is 1.75. The molecule has 1 saturated carbocycles. The average Bonchev–Trinajstić information content (AvgIpc) is 2.98. The topological polar surface area (TPSA) is 47.3 Å². The summed E-state index contributed by atoms with van der Waals surface area (Å²) in [5.74, 6) is 0.769. The Balaban J connectivity index is 2.05. The van der Waals surface area contributed by atoms with Gasteiger partial charge in [0.2, 0.25) is 0 Å². The molecule has 0 atom stereocenters. The maximum atomic E-state index is 6.09. The predicted molar refractivity (Wildman–Crippen MR) is 72.4 cm³/mol. The number of nitrogens with one attached hydrogen (secondary N) is 1. The van der Waals surface area contributed by atoms with Crippen molar-refractivity contribution in [3.8, 4) is 5.75 Å². The minimum atomic E-state index is 0.147. The summed E-state index contributed by atoms with van der Waals surface area (Å²) in [6, 6.07) is 5.90. The molecular formula is C14H22N2O. The fraction of sp³-hybridized carbons (Fsp3) is 0.571. The van der Waals surface area contributed by atoms with Gasteiger partial charge in [0.15, 0.2) is 0 Å². The lowest BCUT2D eigenvalue weighted by molar-refractivity contribution is 0.244. The summed E-state index contributed by atoms with van der Waals surface area (Å²) in [5.41, 5.74) is 8.26. The summed E-state index contributed by atoms with van der Waals surface area (Å²) in [6.45, 7) is 7.29. The summed E-state index contributed by atoms with van der Waals surface area (Å²) < 4.78 is 5.67. The van der Waals surface area contributed by atoms with Gasteiger partial charge < -0.3 is 15.8 Å². The summed E-state index contributed by atoms with van der Waals surface area (Å²) >= 11 is 0. The number of nitrogen functional groups attached to an aromatic ring is 1. The van der Waals surface area contributed by atoms with Gasteiger partial charge in [-0.1, -0.05) is 13.0 Å². The smallest absolute Gasteiger partial charge is 0.144 e. The molecule has 1 fully saturated rings. The molecule has 17 heavy (non-hydrogen) atoms. The third-order valence-corrected chi connectivity index (χ3v) is 3.24. The number of nitrogens with two attached hydrogens (primary N) is 1. The van der Waals surface area contributed by atoms with Crippen molar-refractivity contribution in [1.29, 1.82) is 0 Å². The Kier molecular flexibility index (Phi) is 3.18. The molecule has 0 bridgehead atoms. The van der Waals surface area contributed by atoms with Gasteiger partial charge in [0, 0.05) is 6.54 Å². The average molecular weight is 234 g/mol. The van der Waals surface area contributed by atoms with E-state index in [2.05, 4.69) is 12.2 Å². The lowest BCUT2D eigenvalue weighted by Gasteiger charge is -2.17. The Morgan fingerprint density at radius 3 is 2.71 bits per heavy atom. The maximum Gasteiger partial charge on any atom is 0.144 e. The molecule has 0 aromatic heterocycles. The molecule has 1 aliphatic rings. The molecule has 94 valence electrons. The van der Waals surface area contributed by atoms with Crippen LogP contribution in [0.25, 0.3) is 0 Å². The number of hydrogen-bond acceptors (Lipinski definition) is 3. The Labute approximate surface area is 103 Å². The standard InChI is InChI=1S/C14H22N2O/c1-10(2)17-12-6-4-5-11(13(12)15)16-9-14(3)7-8-14/h4-6,10,16H,7-9,15H2,1-3H3. The Morgan fingerprint density at radius 1 is 1.41 bits per heavy atom. The van der Waals surface area contributed by atoms with E-state index in [0.717, 1.165) is 18.0 Å². The van der Waals surface area contributed by atoms with Crippen LogP contribution in [-0.2, 0) is 0 Å². The predicted octanol–water partition coefficient (Wildman–Crippen LogP) is 3.27. The number of anilines is 2. The van der Waals surface area contributed by atoms with E-state index in [0.29, 0.717) is 11.1 Å². The van der Waals surface area contributed by atoms with E-state index in [-0.39, 0.29) is 6.10 Å². The highest BCUT2D eigenvalue weighted by atomic mass is 16.5. The van der Waals surface area contributed by atoms with E-state index in [9.17, 15) is 0 Å². The molecule has 1 aromatic carbocycles.